The van der Waals surface area contributed by atoms with Gasteiger partial charge in [-0.25, -0.2) is 0 Å². The van der Waals surface area contributed by atoms with E-state index in [1.54, 1.807) is 0 Å². The van der Waals surface area contributed by atoms with Crippen LogP contribution in [-0.4, -0.2) is 18.8 Å². The summed E-state index contributed by atoms with van der Waals surface area (Å²) in [6, 6.07) is 0.486. The van der Waals surface area contributed by atoms with Crippen molar-refractivity contribution < 1.29 is 4.74 Å². The first-order valence-corrected chi connectivity index (χ1v) is 5.31. The van der Waals surface area contributed by atoms with Gasteiger partial charge < -0.3 is 4.74 Å². The highest BCUT2D eigenvalue weighted by atomic mass is 16.5. The first-order valence-electron chi connectivity index (χ1n) is 5.31. The summed E-state index contributed by atoms with van der Waals surface area (Å²) in [5, 5.41) is 0. The van der Waals surface area contributed by atoms with Crippen LogP contribution < -0.4 is 11.3 Å². The smallest absolute Gasteiger partial charge is 0.0694 e. The van der Waals surface area contributed by atoms with E-state index < -0.39 is 0 Å². The molecule has 2 fully saturated rings. The lowest BCUT2D eigenvalue weighted by molar-refractivity contribution is -0.0847. The van der Waals surface area contributed by atoms with Crippen LogP contribution in [0, 0.1) is 5.92 Å². The molecule has 0 aromatic carbocycles. The topological polar surface area (TPSA) is 47.3 Å². The zero-order valence-electron chi connectivity index (χ0n) is 8.38. The molecule has 0 aromatic heterocycles. The zero-order chi connectivity index (χ0) is 9.31. The molecule has 2 aliphatic rings. The largest absolute Gasteiger partial charge is 0.378 e. The van der Waals surface area contributed by atoms with Gasteiger partial charge in [-0.1, -0.05) is 0 Å². The van der Waals surface area contributed by atoms with Crippen LogP contribution in [0.2, 0.25) is 0 Å². The van der Waals surface area contributed by atoms with Crippen LogP contribution in [0.3, 0.4) is 0 Å². The van der Waals surface area contributed by atoms with Crippen molar-refractivity contribution in [2.24, 2.45) is 11.8 Å². The van der Waals surface area contributed by atoms with Crippen LogP contribution in [-0.2, 0) is 4.74 Å². The van der Waals surface area contributed by atoms with Gasteiger partial charge in [0.25, 0.3) is 0 Å². The van der Waals surface area contributed by atoms with Crippen LogP contribution in [0.25, 0.3) is 0 Å². The van der Waals surface area contributed by atoms with Gasteiger partial charge in [-0.3, -0.25) is 11.3 Å². The molecular formula is C10H20N2O. The van der Waals surface area contributed by atoms with Gasteiger partial charge in [0.05, 0.1) is 5.60 Å². The maximum absolute atomic E-state index is 5.59. The molecule has 13 heavy (non-hydrogen) atoms. The van der Waals surface area contributed by atoms with Gasteiger partial charge in [-0.05, 0) is 44.4 Å². The van der Waals surface area contributed by atoms with E-state index in [4.69, 9.17) is 10.6 Å². The molecule has 0 radical (unpaired) electrons. The van der Waals surface area contributed by atoms with Gasteiger partial charge in [-0.2, -0.15) is 0 Å². The van der Waals surface area contributed by atoms with Gasteiger partial charge >= 0.3 is 0 Å². The first kappa shape index (κ1) is 9.44. The molecule has 3 heteroatoms. The van der Waals surface area contributed by atoms with Crippen molar-refractivity contribution in [1.82, 2.24) is 5.43 Å². The average molecular weight is 184 g/mol. The number of hydrogen-bond donors (Lipinski definition) is 2. The molecule has 76 valence electrons. The molecule has 0 amide bonds. The van der Waals surface area contributed by atoms with E-state index in [0.29, 0.717) is 6.04 Å². The lowest BCUT2D eigenvalue weighted by Crippen LogP contribution is -2.48. The minimum Gasteiger partial charge on any atom is -0.378 e. The minimum atomic E-state index is 0.166. The third kappa shape index (κ3) is 1.87. The molecule has 3 nitrogen and oxygen atoms in total. The second-order valence-corrected chi connectivity index (χ2v) is 4.56. The highest BCUT2D eigenvalue weighted by Gasteiger charge is 2.42. The molecule has 0 aliphatic heterocycles. The summed E-state index contributed by atoms with van der Waals surface area (Å²) in [6.07, 6.45) is 7.53. The Morgan fingerprint density at radius 3 is 2.54 bits per heavy atom. The fourth-order valence-electron chi connectivity index (χ4n) is 2.32. The lowest BCUT2D eigenvalue weighted by Gasteiger charge is -2.42. The molecule has 0 spiro atoms. The maximum atomic E-state index is 5.59. The fraction of sp³-hybridized carbons (Fsp3) is 1.00. The molecule has 2 aliphatic carbocycles. The summed E-state index contributed by atoms with van der Waals surface area (Å²) in [6.45, 7) is 0. The van der Waals surface area contributed by atoms with E-state index in [0.717, 1.165) is 12.3 Å². The van der Waals surface area contributed by atoms with Crippen LogP contribution in [0.15, 0.2) is 0 Å². The third-order valence-corrected chi connectivity index (χ3v) is 3.69. The van der Waals surface area contributed by atoms with E-state index in [9.17, 15) is 0 Å². The first-order chi connectivity index (χ1) is 6.29. The van der Waals surface area contributed by atoms with E-state index >= 15 is 0 Å². The summed E-state index contributed by atoms with van der Waals surface area (Å²) in [5.41, 5.74) is 3.11. The second kappa shape index (κ2) is 3.56. The van der Waals surface area contributed by atoms with Crippen molar-refractivity contribution >= 4 is 0 Å². The second-order valence-electron chi connectivity index (χ2n) is 4.56. The van der Waals surface area contributed by atoms with Gasteiger partial charge in [0, 0.05) is 13.2 Å². The summed E-state index contributed by atoms with van der Waals surface area (Å²) >= 11 is 0. The molecule has 2 rings (SSSR count). The van der Waals surface area contributed by atoms with Crippen molar-refractivity contribution in [1.29, 1.82) is 0 Å². The summed E-state index contributed by atoms with van der Waals surface area (Å²) in [4.78, 5) is 0. The highest BCUT2D eigenvalue weighted by Crippen LogP contribution is 2.43. The van der Waals surface area contributed by atoms with Crippen molar-refractivity contribution in [3.05, 3.63) is 0 Å². The Morgan fingerprint density at radius 1 is 1.54 bits per heavy atom. The molecular weight excluding hydrogens is 164 g/mol. The average Bonchev–Trinajstić information content (AvgIpc) is 2.87. The van der Waals surface area contributed by atoms with Gasteiger partial charge in [0.1, 0.15) is 0 Å². The molecule has 2 saturated carbocycles. The number of ether oxygens (including phenoxy) is 1. The number of hydrogen-bond acceptors (Lipinski definition) is 3. The Morgan fingerprint density at radius 2 is 2.23 bits per heavy atom. The third-order valence-electron chi connectivity index (χ3n) is 3.69. The Hall–Kier alpha value is -0.120. The highest BCUT2D eigenvalue weighted by molar-refractivity contribution is 4.97. The van der Waals surface area contributed by atoms with Crippen LogP contribution in [0.4, 0.5) is 0 Å². The Kier molecular flexibility index (Phi) is 2.58. The number of methoxy groups -OCH3 is 1. The van der Waals surface area contributed by atoms with E-state index in [1.807, 2.05) is 7.11 Å². The Balaban J connectivity index is 1.86. The van der Waals surface area contributed by atoms with E-state index in [1.165, 1.54) is 32.1 Å². The number of hydrazine groups is 1. The fourth-order valence-corrected chi connectivity index (χ4v) is 2.32. The van der Waals surface area contributed by atoms with Crippen LogP contribution in [0.1, 0.15) is 38.5 Å². The van der Waals surface area contributed by atoms with Crippen molar-refractivity contribution in [3.8, 4) is 0 Å². The molecule has 1 atom stereocenters. The van der Waals surface area contributed by atoms with Gasteiger partial charge in [0.2, 0.25) is 0 Å². The Labute approximate surface area is 80.0 Å². The molecule has 0 bridgehead atoms. The molecule has 3 N–H and O–H groups in total. The Bertz CT molecular complexity index is 170. The normalized spacial score (nSPS) is 28.2. The standard InChI is InChI=1S/C10H20N2O/c1-13-10(5-2-6-10)7-9(12-11)8-3-4-8/h8-9,12H,2-7,11H2,1H3. The zero-order valence-corrected chi connectivity index (χ0v) is 8.38. The maximum Gasteiger partial charge on any atom is 0.0694 e. The molecule has 0 heterocycles. The van der Waals surface area contributed by atoms with Crippen LogP contribution >= 0.6 is 0 Å². The van der Waals surface area contributed by atoms with E-state index in [2.05, 4.69) is 5.43 Å². The summed E-state index contributed by atoms with van der Waals surface area (Å²) in [5.74, 6) is 6.37. The number of rotatable bonds is 5. The molecule has 0 saturated heterocycles. The minimum absolute atomic E-state index is 0.166. The predicted octanol–water partition coefficient (Wildman–Crippen LogP) is 1.19. The summed E-state index contributed by atoms with van der Waals surface area (Å²) < 4.78 is 5.59. The SMILES string of the molecule is COC1(CC(NN)C2CC2)CCC1. The predicted molar refractivity (Wildman–Crippen MR) is 52.0 cm³/mol. The van der Waals surface area contributed by atoms with E-state index in [-0.39, 0.29) is 5.60 Å². The number of nitrogens with two attached hydrogens (primary N) is 1. The lowest BCUT2D eigenvalue weighted by atomic mass is 9.75. The monoisotopic (exact) mass is 184 g/mol. The number of nitrogens with one attached hydrogen (secondary N) is 1. The van der Waals surface area contributed by atoms with Gasteiger partial charge in [0.15, 0.2) is 0 Å². The van der Waals surface area contributed by atoms with Crippen molar-refractivity contribution in [2.45, 2.75) is 50.2 Å². The molecule has 1 unspecified atom stereocenters. The van der Waals surface area contributed by atoms with Gasteiger partial charge in [-0.15, -0.1) is 0 Å². The van der Waals surface area contributed by atoms with Crippen LogP contribution in [0.5, 0.6) is 0 Å². The van der Waals surface area contributed by atoms with Crippen molar-refractivity contribution in [2.75, 3.05) is 7.11 Å². The van der Waals surface area contributed by atoms with Crippen molar-refractivity contribution in [3.63, 3.8) is 0 Å². The molecule has 0 aromatic rings. The quantitative estimate of drug-likeness (QED) is 0.498. The summed E-state index contributed by atoms with van der Waals surface area (Å²) in [7, 11) is 1.83.